The summed E-state index contributed by atoms with van der Waals surface area (Å²) in [6, 6.07) is 10.4. The van der Waals surface area contributed by atoms with Gasteiger partial charge in [-0.2, -0.15) is 0 Å². The van der Waals surface area contributed by atoms with E-state index in [9.17, 15) is 0 Å². The number of nitrogens with zero attached hydrogens (tertiary/aromatic N) is 1. The molecule has 92 valence electrons. The third-order valence-electron chi connectivity index (χ3n) is 3.17. The van der Waals surface area contributed by atoms with Crippen LogP contribution in [0.15, 0.2) is 40.4 Å². The van der Waals surface area contributed by atoms with Gasteiger partial charge < -0.3 is 5.21 Å². The standard InChI is InChI=1S/C14H19NOS/c16-15-13-10-6-1-2-7-11-14(13)17-12-8-4-3-5-9-12/h3-5,8-9,14,16H,1-2,6-7,10-11H2. The van der Waals surface area contributed by atoms with Crippen LogP contribution in [0.3, 0.4) is 0 Å². The molecule has 1 saturated carbocycles. The van der Waals surface area contributed by atoms with E-state index in [0.29, 0.717) is 5.25 Å². The fourth-order valence-corrected chi connectivity index (χ4v) is 3.45. The van der Waals surface area contributed by atoms with Crippen molar-refractivity contribution in [2.45, 2.75) is 48.7 Å². The first-order valence-electron chi connectivity index (χ1n) is 6.32. The number of rotatable bonds is 2. The summed E-state index contributed by atoms with van der Waals surface area (Å²) in [5.41, 5.74) is 0.971. The summed E-state index contributed by atoms with van der Waals surface area (Å²) >= 11 is 1.83. The molecule has 0 heterocycles. The Morgan fingerprint density at radius 1 is 1.06 bits per heavy atom. The molecule has 1 unspecified atom stereocenters. The van der Waals surface area contributed by atoms with Crippen LogP contribution in [0, 0.1) is 0 Å². The predicted molar refractivity (Wildman–Crippen MR) is 73.0 cm³/mol. The van der Waals surface area contributed by atoms with Crippen LogP contribution in [0.1, 0.15) is 38.5 Å². The van der Waals surface area contributed by atoms with Gasteiger partial charge in [-0.3, -0.25) is 0 Å². The fraction of sp³-hybridized carbons (Fsp3) is 0.500. The number of benzene rings is 1. The molecule has 2 nitrogen and oxygen atoms in total. The Morgan fingerprint density at radius 2 is 1.82 bits per heavy atom. The van der Waals surface area contributed by atoms with E-state index >= 15 is 0 Å². The lowest BCUT2D eigenvalue weighted by molar-refractivity contribution is 0.315. The molecule has 1 aliphatic carbocycles. The van der Waals surface area contributed by atoms with Gasteiger partial charge in [0.2, 0.25) is 0 Å². The van der Waals surface area contributed by atoms with Crippen LogP contribution in [0.25, 0.3) is 0 Å². The zero-order valence-electron chi connectivity index (χ0n) is 10.0. The molecule has 0 amide bonds. The molecule has 1 N–H and O–H groups in total. The van der Waals surface area contributed by atoms with E-state index in [-0.39, 0.29) is 0 Å². The predicted octanol–water partition coefficient (Wildman–Crippen LogP) is 4.33. The number of hydrogen-bond donors (Lipinski definition) is 1. The van der Waals surface area contributed by atoms with Gasteiger partial charge in [0, 0.05) is 4.90 Å². The summed E-state index contributed by atoms with van der Waals surface area (Å²) in [6.45, 7) is 0. The zero-order valence-corrected chi connectivity index (χ0v) is 10.8. The van der Waals surface area contributed by atoms with E-state index < -0.39 is 0 Å². The Balaban J connectivity index is 2.05. The lowest BCUT2D eigenvalue weighted by Gasteiger charge is -2.20. The first kappa shape index (κ1) is 12.5. The molecule has 1 aromatic rings. The first-order chi connectivity index (χ1) is 8.40. The van der Waals surface area contributed by atoms with Crippen LogP contribution in [0.2, 0.25) is 0 Å². The fourth-order valence-electron chi connectivity index (χ4n) is 2.22. The largest absolute Gasteiger partial charge is 0.411 e. The average molecular weight is 249 g/mol. The second kappa shape index (κ2) is 6.70. The van der Waals surface area contributed by atoms with Gasteiger partial charge in [0.25, 0.3) is 0 Å². The Bertz CT molecular complexity index is 364. The minimum atomic E-state index is 0.350. The van der Waals surface area contributed by atoms with Crippen LogP contribution in [0.5, 0.6) is 0 Å². The van der Waals surface area contributed by atoms with Gasteiger partial charge in [-0.25, -0.2) is 0 Å². The molecule has 0 saturated heterocycles. The monoisotopic (exact) mass is 249 g/mol. The number of thioether (sulfide) groups is 1. The van der Waals surface area contributed by atoms with Gasteiger partial charge in [-0.05, 0) is 31.4 Å². The van der Waals surface area contributed by atoms with Crippen molar-refractivity contribution in [1.29, 1.82) is 0 Å². The van der Waals surface area contributed by atoms with E-state index in [1.807, 2.05) is 17.8 Å². The van der Waals surface area contributed by atoms with Gasteiger partial charge >= 0.3 is 0 Å². The van der Waals surface area contributed by atoms with Gasteiger partial charge in [0.15, 0.2) is 0 Å². The molecule has 0 spiro atoms. The van der Waals surface area contributed by atoms with E-state index in [0.717, 1.165) is 25.0 Å². The van der Waals surface area contributed by atoms with E-state index in [1.54, 1.807) is 0 Å². The number of oxime groups is 1. The molecule has 2 rings (SSSR count). The minimum Gasteiger partial charge on any atom is -0.411 e. The molecule has 1 atom stereocenters. The summed E-state index contributed by atoms with van der Waals surface area (Å²) in [5, 5.41) is 13.0. The molecule has 0 aromatic heterocycles. The quantitative estimate of drug-likeness (QED) is 0.625. The summed E-state index contributed by atoms with van der Waals surface area (Å²) < 4.78 is 0. The molecule has 17 heavy (non-hydrogen) atoms. The third-order valence-corrected chi connectivity index (χ3v) is 4.51. The van der Waals surface area contributed by atoms with Crippen molar-refractivity contribution in [2.75, 3.05) is 0 Å². The molecule has 1 fully saturated rings. The molecule has 3 heteroatoms. The van der Waals surface area contributed by atoms with Crippen LogP contribution < -0.4 is 0 Å². The van der Waals surface area contributed by atoms with Crippen molar-refractivity contribution in [1.82, 2.24) is 0 Å². The van der Waals surface area contributed by atoms with Gasteiger partial charge in [0.05, 0.1) is 11.0 Å². The molecule has 0 bridgehead atoms. The van der Waals surface area contributed by atoms with E-state index in [2.05, 4.69) is 29.4 Å². The molecule has 1 aromatic carbocycles. The maximum Gasteiger partial charge on any atom is 0.0704 e. The first-order valence-corrected chi connectivity index (χ1v) is 7.20. The van der Waals surface area contributed by atoms with Gasteiger partial charge in [-0.15, -0.1) is 11.8 Å². The van der Waals surface area contributed by atoms with E-state index in [1.165, 1.54) is 24.2 Å². The minimum absolute atomic E-state index is 0.350. The molecule has 0 radical (unpaired) electrons. The lowest BCUT2D eigenvalue weighted by atomic mass is 9.99. The van der Waals surface area contributed by atoms with Crippen molar-refractivity contribution in [3.63, 3.8) is 0 Å². The molecular formula is C14H19NOS. The average Bonchev–Trinajstić information content (AvgIpc) is 2.34. The maximum absolute atomic E-state index is 9.13. The van der Waals surface area contributed by atoms with Gasteiger partial charge in [0.1, 0.15) is 0 Å². The lowest BCUT2D eigenvalue weighted by Crippen LogP contribution is -2.19. The second-order valence-electron chi connectivity index (χ2n) is 4.46. The molecule has 0 aliphatic heterocycles. The highest BCUT2D eigenvalue weighted by Gasteiger charge is 2.19. The van der Waals surface area contributed by atoms with Crippen molar-refractivity contribution in [3.8, 4) is 0 Å². The van der Waals surface area contributed by atoms with Crippen molar-refractivity contribution in [2.24, 2.45) is 5.16 Å². The summed E-state index contributed by atoms with van der Waals surface area (Å²) in [6.07, 6.45) is 7.04. The Kier molecular flexibility index (Phi) is 4.92. The topological polar surface area (TPSA) is 32.6 Å². The normalized spacial score (nSPS) is 24.2. The summed E-state index contributed by atoms with van der Waals surface area (Å²) in [4.78, 5) is 1.26. The van der Waals surface area contributed by atoms with Crippen LogP contribution in [-0.4, -0.2) is 16.2 Å². The highest BCUT2D eigenvalue weighted by Crippen LogP contribution is 2.30. The molecule has 1 aliphatic rings. The maximum atomic E-state index is 9.13. The van der Waals surface area contributed by atoms with Crippen LogP contribution in [-0.2, 0) is 0 Å². The zero-order chi connectivity index (χ0) is 11.9. The Labute approximate surface area is 107 Å². The van der Waals surface area contributed by atoms with E-state index in [4.69, 9.17) is 5.21 Å². The smallest absolute Gasteiger partial charge is 0.0704 e. The van der Waals surface area contributed by atoms with Crippen LogP contribution >= 0.6 is 11.8 Å². The molecular weight excluding hydrogens is 230 g/mol. The SMILES string of the molecule is ON=C1CCCCCCC1Sc1ccccc1. The van der Waals surface area contributed by atoms with Crippen molar-refractivity contribution in [3.05, 3.63) is 30.3 Å². The number of hydrogen-bond acceptors (Lipinski definition) is 3. The highest BCUT2D eigenvalue weighted by atomic mass is 32.2. The second-order valence-corrected chi connectivity index (χ2v) is 5.74. The van der Waals surface area contributed by atoms with Crippen LogP contribution in [0.4, 0.5) is 0 Å². The van der Waals surface area contributed by atoms with Crippen molar-refractivity contribution < 1.29 is 5.21 Å². The summed E-state index contributed by atoms with van der Waals surface area (Å²) in [7, 11) is 0. The third kappa shape index (κ3) is 3.77. The Hall–Kier alpha value is -0.960. The Morgan fingerprint density at radius 3 is 2.59 bits per heavy atom. The highest BCUT2D eigenvalue weighted by molar-refractivity contribution is 8.00. The van der Waals surface area contributed by atoms with Crippen molar-refractivity contribution >= 4 is 17.5 Å². The van der Waals surface area contributed by atoms with Gasteiger partial charge in [-0.1, -0.05) is 42.6 Å². The summed E-state index contributed by atoms with van der Waals surface area (Å²) in [5.74, 6) is 0.